The fourth-order valence-corrected chi connectivity index (χ4v) is 0.710. The number of aliphatic hydroxyl groups excluding tert-OH is 1. The summed E-state index contributed by atoms with van der Waals surface area (Å²) in [4.78, 5) is 0. The Bertz CT molecular complexity index is 306. The van der Waals surface area contributed by atoms with E-state index in [0.717, 1.165) is 0 Å². The molecule has 0 rings (SSSR count). The second kappa shape index (κ2) is 4.28. The summed E-state index contributed by atoms with van der Waals surface area (Å²) in [5.74, 6) is 0. The first kappa shape index (κ1) is 14.7. The minimum absolute atomic E-state index is 0.845. The zero-order chi connectivity index (χ0) is 12.5. The van der Waals surface area contributed by atoms with E-state index in [9.17, 15) is 21.8 Å². The molecule has 0 bridgehead atoms. The van der Waals surface area contributed by atoms with Crippen LogP contribution in [-0.4, -0.2) is 36.2 Å². The predicted octanol–water partition coefficient (Wildman–Crippen LogP) is 0.506. The number of ether oxygens (including phenoxy) is 1. The Morgan fingerprint density at radius 2 is 1.80 bits per heavy atom. The molecule has 0 aliphatic rings. The van der Waals surface area contributed by atoms with E-state index in [1.165, 1.54) is 20.8 Å². The summed E-state index contributed by atoms with van der Waals surface area (Å²) in [6.45, 7) is 2.85. The molecule has 0 aliphatic carbocycles. The smallest absolute Gasteiger partial charge is 0.357 e. The average molecular weight is 247 g/mol. The first-order valence-electron chi connectivity index (χ1n) is 4.01. The van der Waals surface area contributed by atoms with Crippen molar-refractivity contribution in [1.29, 1.82) is 0 Å². The fraction of sp³-hybridized carbons (Fsp3) is 1.00. The van der Waals surface area contributed by atoms with Gasteiger partial charge in [0, 0.05) is 5.41 Å². The molecule has 0 saturated carbocycles. The third-order valence-electron chi connectivity index (χ3n) is 1.52. The Kier molecular flexibility index (Phi) is 4.19. The van der Waals surface area contributed by atoms with E-state index in [2.05, 4.69) is 4.74 Å². The topological polar surface area (TPSA) is 86.7 Å². The highest BCUT2D eigenvalue weighted by atomic mass is 32.2. The minimum atomic E-state index is -5.76. The molecule has 0 aromatic rings. The second-order valence-corrected chi connectivity index (χ2v) is 5.63. The van der Waals surface area contributed by atoms with Crippen LogP contribution in [-0.2, 0) is 14.9 Å². The monoisotopic (exact) mass is 247 g/mol. The van der Waals surface area contributed by atoms with Gasteiger partial charge in [-0.05, 0) is 0 Å². The van der Waals surface area contributed by atoms with Gasteiger partial charge in [-0.1, -0.05) is 20.8 Å². The Labute approximate surface area is 86.8 Å². The van der Waals surface area contributed by atoms with Crippen molar-refractivity contribution >= 4 is 10.1 Å². The van der Waals surface area contributed by atoms with Gasteiger partial charge in [0.05, 0.1) is 0 Å². The summed E-state index contributed by atoms with van der Waals surface area (Å²) < 4.78 is 59.5. The number of alkyl halides is 2. The highest BCUT2D eigenvalue weighted by molar-refractivity contribution is 7.86. The molecule has 0 amide bonds. The molecule has 8 heteroatoms. The van der Waals surface area contributed by atoms with Gasteiger partial charge in [-0.25, -0.2) is 8.42 Å². The van der Waals surface area contributed by atoms with E-state index < -0.39 is 33.7 Å². The Morgan fingerprint density at radius 1 is 1.40 bits per heavy atom. The van der Waals surface area contributed by atoms with E-state index in [4.69, 9.17) is 5.11 Å². The molecule has 5 nitrogen and oxygen atoms in total. The van der Waals surface area contributed by atoms with Crippen LogP contribution in [0.5, 0.6) is 0 Å². The van der Waals surface area contributed by atoms with Crippen LogP contribution >= 0.6 is 0 Å². The van der Waals surface area contributed by atoms with E-state index in [-0.39, 0.29) is 0 Å². The normalized spacial score (nSPS) is 16.5. The van der Waals surface area contributed by atoms with Gasteiger partial charge in [0.1, 0.15) is 6.61 Å². The van der Waals surface area contributed by atoms with Crippen LogP contribution in [0.4, 0.5) is 8.78 Å². The summed E-state index contributed by atoms with van der Waals surface area (Å²) >= 11 is 0. The maximum absolute atomic E-state index is 12.5. The largest absolute Gasteiger partial charge is 0.743 e. The quantitative estimate of drug-likeness (QED) is 0.577. The van der Waals surface area contributed by atoms with Crippen molar-refractivity contribution < 1.29 is 31.6 Å². The Balaban J connectivity index is 4.42. The van der Waals surface area contributed by atoms with Crippen molar-refractivity contribution in [2.45, 2.75) is 32.3 Å². The lowest BCUT2D eigenvalue weighted by Gasteiger charge is -2.28. The first-order chi connectivity index (χ1) is 6.38. The summed E-state index contributed by atoms with van der Waals surface area (Å²) in [5.41, 5.74) is -0.845. The van der Waals surface area contributed by atoms with Crippen LogP contribution in [0.1, 0.15) is 20.8 Å². The number of halogens is 2. The van der Waals surface area contributed by atoms with E-state index in [1.54, 1.807) is 0 Å². The van der Waals surface area contributed by atoms with Crippen LogP contribution < -0.4 is 0 Å². The van der Waals surface area contributed by atoms with Crippen LogP contribution in [0, 0.1) is 5.41 Å². The highest BCUT2D eigenvalue weighted by Gasteiger charge is 2.39. The molecule has 0 aromatic carbocycles. The standard InChI is InChI=1S/C7H14F2O5S/c1-6(2,3)5(10)14-4-7(8,9)15(11,12)13/h5,10H,4H2,1-3H3,(H,11,12,13)/p-1. The molecule has 0 spiro atoms. The molecule has 1 unspecified atom stereocenters. The molecule has 0 fully saturated rings. The molecular formula is C7H13F2O5S-. The fourth-order valence-electron chi connectivity index (χ4n) is 0.498. The predicted molar refractivity (Wildman–Crippen MR) is 46.1 cm³/mol. The lowest BCUT2D eigenvalue weighted by atomic mass is 9.96. The van der Waals surface area contributed by atoms with Crippen molar-refractivity contribution in [2.75, 3.05) is 6.61 Å². The summed E-state index contributed by atoms with van der Waals surface area (Å²) in [5, 5.41) is 4.63. The first-order valence-corrected chi connectivity index (χ1v) is 5.42. The van der Waals surface area contributed by atoms with Gasteiger partial charge in [0.25, 0.3) is 0 Å². The molecule has 0 radical (unpaired) electrons. The Morgan fingerprint density at radius 3 is 2.07 bits per heavy atom. The molecular weight excluding hydrogens is 234 g/mol. The SMILES string of the molecule is CC(C)(C)C(O)OCC(F)(F)S(=O)(=O)[O-]. The molecule has 1 N–H and O–H groups in total. The van der Waals surface area contributed by atoms with Gasteiger partial charge in [-0.2, -0.15) is 8.78 Å². The summed E-state index contributed by atoms with van der Waals surface area (Å²) in [6.07, 6.45) is -1.58. The molecule has 0 saturated heterocycles. The van der Waals surface area contributed by atoms with Gasteiger partial charge >= 0.3 is 5.25 Å². The highest BCUT2D eigenvalue weighted by Crippen LogP contribution is 2.25. The number of hydrogen-bond donors (Lipinski definition) is 1. The number of rotatable bonds is 4. The third kappa shape index (κ3) is 4.37. The van der Waals surface area contributed by atoms with E-state index in [0.29, 0.717) is 0 Å². The van der Waals surface area contributed by atoms with Crippen LogP contribution in [0.25, 0.3) is 0 Å². The molecule has 0 heterocycles. The van der Waals surface area contributed by atoms with Crippen molar-refractivity contribution in [3.8, 4) is 0 Å². The van der Waals surface area contributed by atoms with Crippen LogP contribution in [0.2, 0.25) is 0 Å². The van der Waals surface area contributed by atoms with Gasteiger partial charge in [0.2, 0.25) is 0 Å². The van der Waals surface area contributed by atoms with Gasteiger partial charge < -0.3 is 14.4 Å². The molecule has 15 heavy (non-hydrogen) atoms. The second-order valence-electron chi connectivity index (χ2n) is 4.12. The van der Waals surface area contributed by atoms with E-state index >= 15 is 0 Å². The summed E-state index contributed by atoms with van der Waals surface area (Å²) in [7, 11) is -5.76. The van der Waals surface area contributed by atoms with Gasteiger partial charge in [-0.15, -0.1) is 0 Å². The Hall–Kier alpha value is -0.310. The average Bonchev–Trinajstić information content (AvgIpc) is 1.96. The van der Waals surface area contributed by atoms with Gasteiger partial charge in [-0.3, -0.25) is 0 Å². The molecule has 92 valence electrons. The lowest BCUT2D eigenvalue weighted by molar-refractivity contribution is -0.185. The van der Waals surface area contributed by atoms with Crippen LogP contribution in [0.3, 0.4) is 0 Å². The maximum atomic E-state index is 12.5. The molecule has 0 aromatic heterocycles. The number of aliphatic hydroxyl groups is 1. The van der Waals surface area contributed by atoms with E-state index in [1.807, 2.05) is 0 Å². The van der Waals surface area contributed by atoms with Gasteiger partial charge in [0.15, 0.2) is 16.4 Å². The summed E-state index contributed by atoms with van der Waals surface area (Å²) in [6, 6.07) is 0. The zero-order valence-electron chi connectivity index (χ0n) is 8.53. The van der Waals surface area contributed by atoms with Crippen LogP contribution in [0.15, 0.2) is 0 Å². The zero-order valence-corrected chi connectivity index (χ0v) is 9.35. The van der Waals surface area contributed by atoms with Crippen molar-refractivity contribution in [1.82, 2.24) is 0 Å². The van der Waals surface area contributed by atoms with Crippen molar-refractivity contribution in [3.63, 3.8) is 0 Å². The minimum Gasteiger partial charge on any atom is -0.743 e. The maximum Gasteiger partial charge on any atom is 0.357 e. The van der Waals surface area contributed by atoms with Crippen molar-refractivity contribution in [3.05, 3.63) is 0 Å². The molecule has 1 atom stereocenters. The molecule has 0 aliphatic heterocycles. The third-order valence-corrected chi connectivity index (χ3v) is 2.37. The number of hydrogen-bond acceptors (Lipinski definition) is 5. The lowest BCUT2D eigenvalue weighted by Crippen LogP contribution is -2.38. The van der Waals surface area contributed by atoms with Crippen molar-refractivity contribution in [2.24, 2.45) is 5.41 Å².